The summed E-state index contributed by atoms with van der Waals surface area (Å²) in [5.41, 5.74) is 0.0295. The molecular formula is C13H24N2O2. The van der Waals surface area contributed by atoms with Crippen molar-refractivity contribution in [2.24, 2.45) is 5.41 Å². The second kappa shape index (κ2) is 4.84. The van der Waals surface area contributed by atoms with Gasteiger partial charge >= 0.3 is 0 Å². The molecule has 1 saturated carbocycles. The standard InChI is InChI=1S/C13H24N2O2/c16-10-13(3-8-17-11-13)9-14-4-6-15(7-5-14)12-1-2-12/h12,16H,1-11H2. The highest BCUT2D eigenvalue weighted by molar-refractivity contribution is 4.91. The third-order valence-electron chi connectivity index (χ3n) is 4.55. The number of hydrogen-bond donors (Lipinski definition) is 1. The molecule has 0 radical (unpaired) electrons. The van der Waals surface area contributed by atoms with Crippen LogP contribution in [0.5, 0.6) is 0 Å². The largest absolute Gasteiger partial charge is 0.396 e. The first-order valence-corrected chi connectivity index (χ1v) is 6.96. The number of nitrogens with zero attached hydrogens (tertiary/aromatic N) is 2. The Labute approximate surface area is 104 Å². The average molecular weight is 240 g/mol. The van der Waals surface area contributed by atoms with Crippen molar-refractivity contribution < 1.29 is 9.84 Å². The number of piperazine rings is 1. The Morgan fingerprint density at radius 1 is 1.18 bits per heavy atom. The van der Waals surface area contributed by atoms with E-state index in [9.17, 15) is 5.11 Å². The maximum absolute atomic E-state index is 9.58. The molecule has 1 unspecified atom stereocenters. The van der Waals surface area contributed by atoms with Crippen LogP contribution in [0.2, 0.25) is 0 Å². The Morgan fingerprint density at radius 2 is 1.94 bits per heavy atom. The van der Waals surface area contributed by atoms with Gasteiger partial charge in [0, 0.05) is 50.8 Å². The summed E-state index contributed by atoms with van der Waals surface area (Å²) in [4.78, 5) is 5.15. The first-order chi connectivity index (χ1) is 8.31. The van der Waals surface area contributed by atoms with Crippen molar-refractivity contribution in [2.75, 3.05) is 52.5 Å². The Morgan fingerprint density at radius 3 is 2.47 bits per heavy atom. The minimum atomic E-state index is 0.0295. The van der Waals surface area contributed by atoms with Gasteiger partial charge in [-0.15, -0.1) is 0 Å². The molecule has 1 aliphatic carbocycles. The lowest BCUT2D eigenvalue weighted by Crippen LogP contribution is -2.51. The predicted molar refractivity (Wildman–Crippen MR) is 66.0 cm³/mol. The Bertz CT molecular complexity index is 254. The number of aliphatic hydroxyl groups excluding tert-OH is 1. The summed E-state index contributed by atoms with van der Waals surface area (Å²) in [5.74, 6) is 0. The molecule has 0 bridgehead atoms. The van der Waals surface area contributed by atoms with Crippen molar-refractivity contribution in [2.45, 2.75) is 25.3 Å². The zero-order chi connectivity index (χ0) is 11.7. The maximum atomic E-state index is 9.58. The van der Waals surface area contributed by atoms with Crippen LogP contribution in [0.15, 0.2) is 0 Å². The van der Waals surface area contributed by atoms with Crippen molar-refractivity contribution in [3.05, 3.63) is 0 Å². The van der Waals surface area contributed by atoms with Gasteiger partial charge in [0.1, 0.15) is 0 Å². The third kappa shape index (κ3) is 2.65. The minimum Gasteiger partial charge on any atom is -0.396 e. The molecule has 2 aliphatic heterocycles. The molecule has 17 heavy (non-hydrogen) atoms. The van der Waals surface area contributed by atoms with Crippen LogP contribution in [0.4, 0.5) is 0 Å². The van der Waals surface area contributed by atoms with Gasteiger partial charge in [0.15, 0.2) is 0 Å². The molecule has 0 aromatic carbocycles. The van der Waals surface area contributed by atoms with Crippen molar-refractivity contribution in [3.63, 3.8) is 0 Å². The Balaban J connectivity index is 1.49. The molecule has 98 valence electrons. The maximum Gasteiger partial charge on any atom is 0.0557 e. The molecule has 0 spiro atoms. The van der Waals surface area contributed by atoms with E-state index in [4.69, 9.17) is 4.74 Å². The summed E-state index contributed by atoms with van der Waals surface area (Å²) in [6.45, 7) is 7.61. The first kappa shape index (κ1) is 11.9. The summed E-state index contributed by atoms with van der Waals surface area (Å²) in [5, 5.41) is 9.58. The number of rotatable bonds is 4. The van der Waals surface area contributed by atoms with Crippen molar-refractivity contribution in [3.8, 4) is 0 Å². The van der Waals surface area contributed by atoms with Crippen LogP contribution in [-0.4, -0.2) is 73.5 Å². The Hall–Kier alpha value is -0.160. The van der Waals surface area contributed by atoms with Crippen LogP contribution in [0.1, 0.15) is 19.3 Å². The van der Waals surface area contributed by atoms with E-state index in [-0.39, 0.29) is 12.0 Å². The summed E-state index contributed by atoms with van der Waals surface area (Å²) in [6, 6.07) is 0.902. The van der Waals surface area contributed by atoms with Crippen LogP contribution in [-0.2, 0) is 4.74 Å². The lowest BCUT2D eigenvalue weighted by molar-refractivity contribution is 0.0349. The van der Waals surface area contributed by atoms with Crippen molar-refractivity contribution in [1.29, 1.82) is 0 Å². The highest BCUT2D eigenvalue weighted by Crippen LogP contribution is 2.31. The van der Waals surface area contributed by atoms with E-state index in [1.165, 1.54) is 25.9 Å². The molecule has 0 amide bonds. The van der Waals surface area contributed by atoms with Gasteiger partial charge < -0.3 is 14.7 Å². The van der Waals surface area contributed by atoms with Gasteiger partial charge in [0.25, 0.3) is 0 Å². The normalized spacial score (nSPS) is 36.5. The van der Waals surface area contributed by atoms with E-state index in [0.29, 0.717) is 0 Å². The van der Waals surface area contributed by atoms with Gasteiger partial charge in [-0.3, -0.25) is 4.90 Å². The highest BCUT2D eigenvalue weighted by atomic mass is 16.5. The average Bonchev–Trinajstić information content (AvgIpc) is 3.11. The summed E-state index contributed by atoms with van der Waals surface area (Å²) < 4.78 is 5.47. The van der Waals surface area contributed by atoms with Gasteiger partial charge in [-0.2, -0.15) is 0 Å². The van der Waals surface area contributed by atoms with Gasteiger partial charge in [-0.1, -0.05) is 0 Å². The fraction of sp³-hybridized carbons (Fsp3) is 1.00. The van der Waals surface area contributed by atoms with E-state index in [0.717, 1.165) is 45.3 Å². The monoisotopic (exact) mass is 240 g/mol. The van der Waals surface area contributed by atoms with E-state index in [1.54, 1.807) is 0 Å². The molecule has 3 rings (SSSR count). The second-order valence-electron chi connectivity index (χ2n) is 6.00. The molecule has 2 heterocycles. The quantitative estimate of drug-likeness (QED) is 0.760. The molecular weight excluding hydrogens is 216 g/mol. The number of hydrogen-bond acceptors (Lipinski definition) is 4. The molecule has 1 N–H and O–H groups in total. The minimum absolute atomic E-state index is 0.0295. The smallest absolute Gasteiger partial charge is 0.0557 e. The van der Waals surface area contributed by atoms with E-state index < -0.39 is 0 Å². The molecule has 2 saturated heterocycles. The van der Waals surface area contributed by atoms with Gasteiger partial charge in [0.05, 0.1) is 13.2 Å². The van der Waals surface area contributed by atoms with Gasteiger partial charge in [0.2, 0.25) is 0 Å². The summed E-state index contributed by atoms with van der Waals surface area (Å²) in [6.07, 6.45) is 3.84. The second-order valence-corrected chi connectivity index (χ2v) is 6.00. The lowest BCUT2D eigenvalue weighted by Gasteiger charge is -2.39. The predicted octanol–water partition coefficient (Wildman–Crippen LogP) is 0.165. The molecule has 4 nitrogen and oxygen atoms in total. The fourth-order valence-corrected chi connectivity index (χ4v) is 3.15. The molecule has 0 aromatic rings. The molecule has 3 fully saturated rings. The topological polar surface area (TPSA) is 35.9 Å². The van der Waals surface area contributed by atoms with Crippen LogP contribution in [0, 0.1) is 5.41 Å². The summed E-state index contributed by atoms with van der Waals surface area (Å²) in [7, 11) is 0. The fourth-order valence-electron chi connectivity index (χ4n) is 3.15. The molecule has 3 aliphatic rings. The van der Waals surface area contributed by atoms with Crippen molar-refractivity contribution >= 4 is 0 Å². The van der Waals surface area contributed by atoms with Crippen LogP contribution >= 0.6 is 0 Å². The van der Waals surface area contributed by atoms with E-state index in [2.05, 4.69) is 9.80 Å². The SMILES string of the molecule is OCC1(CN2CCN(C3CC3)CC2)CCOC1. The molecule has 4 heteroatoms. The van der Waals surface area contributed by atoms with Crippen molar-refractivity contribution in [1.82, 2.24) is 9.80 Å². The summed E-state index contributed by atoms with van der Waals surface area (Å²) >= 11 is 0. The van der Waals surface area contributed by atoms with Crippen LogP contribution < -0.4 is 0 Å². The number of aliphatic hydroxyl groups is 1. The Kier molecular flexibility index (Phi) is 3.39. The van der Waals surface area contributed by atoms with Gasteiger partial charge in [-0.25, -0.2) is 0 Å². The van der Waals surface area contributed by atoms with E-state index in [1.807, 2.05) is 0 Å². The zero-order valence-corrected chi connectivity index (χ0v) is 10.6. The molecule has 1 atom stereocenters. The zero-order valence-electron chi connectivity index (χ0n) is 10.6. The molecule has 0 aromatic heterocycles. The van der Waals surface area contributed by atoms with Crippen LogP contribution in [0.25, 0.3) is 0 Å². The lowest BCUT2D eigenvalue weighted by atomic mass is 9.87. The van der Waals surface area contributed by atoms with E-state index >= 15 is 0 Å². The van der Waals surface area contributed by atoms with Gasteiger partial charge in [-0.05, 0) is 19.3 Å². The number of ether oxygens (including phenoxy) is 1. The first-order valence-electron chi connectivity index (χ1n) is 6.96. The third-order valence-corrected chi connectivity index (χ3v) is 4.55. The highest BCUT2D eigenvalue weighted by Gasteiger charge is 2.38. The van der Waals surface area contributed by atoms with Crippen LogP contribution in [0.3, 0.4) is 0 Å².